The third-order valence-corrected chi connectivity index (χ3v) is 0.862. The van der Waals surface area contributed by atoms with Gasteiger partial charge >= 0.3 is 0 Å². The van der Waals surface area contributed by atoms with Gasteiger partial charge in [-0.05, 0) is 17.3 Å². The molecule has 46 valence electrons. The number of hydrogen-bond donors (Lipinski definition) is 0. The largest absolute Gasteiger partial charge is 0.145 e. The Bertz CT molecular complexity index is 176. The van der Waals surface area contributed by atoms with E-state index in [-0.39, 0.29) is 17.4 Å². The first-order chi connectivity index (χ1) is 3.93. The van der Waals surface area contributed by atoms with Crippen molar-refractivity contribution in [1.82, 2.24) is 0 Å². The first-order valence-electron chi connectivity index (χ1n) is 2.32. The average Bonchev–Trinajstić information content (AvgIpc) is 1.90. The molecule has 0 heterocycles. The molecule has 0 amide bonds. The minimum atomic E-state index is 0. The van der Waals surface area contributed by atoms with Crippen LogP contribution >= 0.6 is 0 Å². The second kappa shape index (κ2) is 4.25. The Kier molecular flexibility index (Phi) is 3.95. The van der Waals surface area contributed by atoms with E-state index < -0.39 is 0 Å². The Hall–Kier alpha value is -0.648. The maximum atomic E-state index is 9.76. The van der Waals surface area contributed by atoms with Gasteiger partial charge in [-0.1, -0.05) is 18.2 Å². The third-order valence-electron chi connectivity index (χ3n) is 0.862. The Balaban J connectivity index is 0.000000640. The van der Waals surface area contributed by atoms with Gasteiger partial charge in [0.25, 0.3) is 0 Å². The van der Waals surface area contributed by atoms with Crippen molar-refractivity contribution in [3.8, 4) is 0 Å². The summed E-state index contributed by atoms with van der Waals surface area (Å²) in [5.74, 6) is 0. The molecule has 2 nitrogen and oxygen atoms in total. The fourth-order valence-corrected chi connectivity index (χ4v) is 0.489. The molecular weight excluding hydrogens is 154 g/mol. The molecule has 0 spiro atoms. The minimum absolute atomic E-state index is 0. The van der Waals surface area contributed by atoms with E-state index in [0.29, 0.717) is 5.69 Å². The maximum absolute atomic E-state index is 9.76. The summed E-state index contributed by atoms with van der Waals surface area (Å²) in [6, 6.07) is 8.71. The van der Waals surface area contributed by atoms with E-state index >= 15 is 0 Å². The van der Waals surface area contributed by atoms with Gasteiger partial charge in [-0.25, -0.2) is 0 Å². The number of nitrogens with zero attached hydrogens (tertiary/aromatic N) is 1. The van der Waals surface area contributed by atoms with Gasteiger partial charge in [0.1, 0.15) is 5.69 Å². The van der Waals surface area contributed by atoms with Gasteiger partial charge in [0.05, 0.1) is 0 Å². The maximum Gasteiger partial charge on any atom is 0.107 e. The summed E-state index contributed by atoms with van der Waals surface area (Å²) >= 11 is 0. The van der Waals surface area contributed by atoms with E-state index in [1.807, 2.05) is 6.07 Å². The van der Waals surface area contributed by atoms with Crippen molar-refractivity contribution < 1.29 is 17.4 Å². The van der Waals surface area contributed by atoms with Crippen molar-refractivity contribution in [3.63, 3.8) is 0 Å². The van der Waals surface area contributed by atoms with Crippen LogP contribution in [-0.4, -0.2) is 0 Å². The fourth-order valence-electron chi connectivity index (χ4n) is 0.489. The molecule has 0 radical (unpaired) electrons. The van der Waals surface area contributed by atoms with Gasteiger partial charge in [-0.3, -0.25) is 0 Å². The quantitative estimate of drug-likeness (QED) is 0.577. The smallest absolute Gasteiger partial charge is 0.107 e. The first kappa shape index (κ1) is 8.35. The molecule has 0 aromatic heterocycles. The number of benzene rings is 1. The molecule has 0 unspecified atom stereocenters. The van der Waals surface area contributed by atoms with Crippen LogP contribution in [0.15, 0.2) is 35.5 Å². The predicted molar refractivity (Wildman–Crippen MR) is 31.9 cm³/mol. The van der Waals surface area contributed by atoms with Gasteiger partial charge in [0.15, 0.2) is 0 Å². The van der Waals surface area contributed by atoms with E-state index in [1.54, 1.807) is 24.3 Å². The van der Waals surface area contributed by atoms with Gasteiger partial charge in [0, 0.05) is 17.4 Å². The molecule has 0 aliphatic heterocycles. The summed E-state index contributed by atoms with van der Waals surface area (Å²) in [6.07, 6.45) is 0. The van der Waals surface area contributed by atoms with Gasteiger partial charge in [0.2, 0.25) is 0 Å². The van der Waals surface area contributed by atoms with Crippen LogP contribution in [0.1, 0.15) is 0 Å². The normalized spacial score (nSPS) is 7.56. The van der Waals surface area contributed by atoms with E-state index in [2.05, 4.69) is 5.18 Å². The van der Waals surface area contributed by atoms with Gasteiger partial charge < -0.3 is 0 Å². The van der Waals surface area contributed by atoms with Crippen LogP contribution in [-0.2, 0) is 17.4 Å². The zero-order chi connectivity index (χ0) is 5.82. The first-order valence-corrected chi connectivity index (χ1v) is 2.32. The Morgan fingerprint density at radius 3 is 2.00 bits per heavy atom. The topological polar surface area (TPSA) is 29.4 Å². The Labute approximate surface area is 64.0 Å². The number of hydrogen-bond acceptors (Lipinski definition) is 2. The van der Waals surface area contributed by atoms with Gasteiger partial charge in [-0.2, -0.15) is 0 Å². The van der Waals surface area contributed by atoms with Crippen LogP contribution < -0.4 is 0 Å². The second-order valence-electron chi connectivity index (χ2n) is 1.43. The molecule has 9 heavy (non-hydrogen) atoms. The second-order valence-corrected chi connectivity index (χ2v) is 1.43. The van der Waals surface area contributed by atoms with Crippen LogP contribution in [0.25, 0.3) is 0 Å². The monoisotopic (exact) mass is 159 g/mol. The zero-order valence-electron chi connectivity index (χ0n) is 4.65. The summed E-state index contributed by atoms with van der Waals surface area (Å²) < 4.78 is 0. The summed E-state index contributed by atoms with van der Waals surface area (Å²) in [6.45, 7) is 0. The fraction of sp³-hybridized carbons (Fsp3) is 0. The molecule has 0 saturated heterocycles. The van der Waals surface area contributed by atoms with Crippen molar-refractivity contribution in [1.29, 1.82) is 0 Å². The molecule has 0 N–H and O–H groups in total. The average molecular weight is 159 g/mol. The van der Waals surface area contributed by atoms with Crippen LogP contribution in [0.2, 0.25) is 0 Å². The van der Waals surface area contributed by atoms with Crippen molar-refractivity contribution in [2.75, 3.05) is 0 Å². The summed E-state index contributed by atoms with van der Waals surface area (Å²) in [7, 11) is 0. The van der Waals surface area contributed by atoms with Crippen LogP contribution in [0.3, 0.4) is 0 Å². The van der Waals surface area contributed by atoms with Crippen molar-refractivity contribution >= 4 is 5.69 Å². The van der Waals surface area contributed by atoms with Crippen molar-refractivity contribution in [3.05, 3.63) is 35.2 Å². The molecule has 0 aliphatic rings. The van der Waals surface area contributed by atoms with E-state index in [0.717, 1.165) is 0 Å². The van der Waals surface area contributed by atoms with Crippen molar-refractivity contribution in [2.24, 2.45) is 5.18 Å². The summed E-state index contributed by atoms with van der Waals surface area (Å²) in [5.41, 5.74) is 0.479. The van der Waals surface area contributed by atoms with Crippen LogP contribution in [0, 0.1) is 4.91 Å². The van der Waals surface area contributed by atoms with Crippen LogP contribution in [0.5, 0.6) is 0 Å². The van der Waals surface area contributed by atoms with Crippen molar-refractivity contribution in [2.45, 2.75) is 0 Å². The standard InChI is InChI=1S/C6H5NO.Cr/c8-7-6-4-2-1-3-5-6;/h1-5H;. The third kappa shape index (κ3) is 2.41. The molecule has 0 bridgehead atoms. The molecular formula is C6H5CrNO. The number of nitroso groups, excluding NO2 is 1. The Morgan fingerprint density at radius 2 is 1.67 bits per heavy atom. The molecule has 0 saturated carbocycles. The van der Waals surface area contributed by atoms with Gasteiger partial charge in [-0.15, -0.1) is 4.91 Å². The predicted octanol–water partition coefficient (Wildman–Crippen LogP) is 2.08. The molecule has 1 aromatic carbocycles. The molecule has 1 aromatic rings. The summed E-state index contributed by atoms with van der Waals surface area (Å²) in [5, 5.41) is 2.72. The molecule has 3 heteroatoms. The zero-order valence-corrected chi connectivity index (χ0v) is 5.93. The van der Waals surface area contributed by atoms with E-state index in [9.17, 15) is 4.91 Å². The van der Waals surface area contributed by atoms with E-state index in [4.69, 9.17) is 0 Å². The molecule has 0 atom stereocenters. The van der Waals surface area contributed by atoms with Crippen LogP contribution in [0.4, 0.5) is 5.69 Å². The van der Waals surface area contributed by atoms with E-state index in [1.165, 1.54) is 0 Å². The SMILES string of the molecule is O=Nc1ccccc1.[Cr]. The number of rotatable bonds is 1. The summed E-state index contributed by atoms with van der Waals surface area (Å²) in [4.78, 5) is 9.76. The molecule has 1 rings (SSSR count). The molecule has 0 aliphatic carbocycles. The Morgan fingerprint density at radius 1 is 1.11 bits per heavy atom. The minimum Gasteiger partial charge on any atom is -0.145 e. The molecule has 0 fully saturated rings.